The van der Waals surface area contributed by atoms with Gasteiger partial charge in [0.2, 0.25) is 5.91 Å². The third-order valence-corrected chi connectivity index (χ3v) is 3.14. The third kappa shape index (κ3) is 3.30. The highest BCUT2D eigenvalue weighted by Crippen LogP contribution is 2.09. The molecule has 1 aliphatic rings. The van der Waals surface area contributed by atoms with Gasteiger partial charge in [0, 0.05) is 32.6 Å². The summed E-state index contributed by atoms with van der Waals surface area (Å²) in [5.41, 5.74) is 0.321. The maximum atomic E-state index is 12.0. The number of carbonyl (C=O) groups excluding carboxylic acids is 2. The first-order valence-corrected chi connectivity index (χ1v) is 6.50. The van der Waals surface area contributed by atoms with Crippen molar-refractivity contribution in [3.05, 3.63) is 11.9 Å². The van der Waals surface area contributed by atoms with E-state index in [1.807, 2.05) is 18.7 Å². The van der Waals surface area contributed by atoms with Gasteiger partial charge in [-0.2, -0.15) is 15.4 Å². The molecule has 0 bridgehead atoms. The Morgan fingerprint density at radius 3 is 2.42 bits per heavy atom. The smallest absolute Gasteiger partial charge is 0.276 e. The summed E-state index contributed by atoms with van der Waals surface area (Å²) in [4.78, 5) is 27.5. The molecule has 2 amide bonds. The van der Waals surface area contributed by atoms with Crippen molar-refractivity contribution < 1.29 is 9.59 Å². The highest BCUT2D eigenvalue weighted by Gasteiger charge is 2.25. The van der Waals surface area contributed by atoms with Crippen molar-refractivity contribution in [2.75, 3.05) is 26.2 Å². The van der Waals surface area contributed by atoms with E-state index in [0.717, 1.165) is 0 Å². The minimum absolute atomic E-state index is 0.135. The molecule has 7 heteroatoms. The van der Waals surface area contributed by atoms with Gasteiger partial charge < -0.3 is 9.80 Å². The first-order chi connectivity index (χ1) is 9.08. The van der Waals surface area contributed by atoms with E-state index in [9.17, 15) is 9.59 Å². The molecule has 0 saturated carbocycles. The minimum atomic E-state index is -0.135. The fourth-order valence-corrected chi connectivity index (χ4v) is 2.10. The lowest BCUT2D eigenvalue weighted by Gasteiger charge is -2.34. The van der Waals surface area contributed by atoms with Crippen LogP contribution >= 0.6 is 0 Å². The zero-order valence-corrected chi connectivity index (χ0v) is 11.3. The van der Waals surface area contributed by atoms with Crippen LogP contribution in [0.25, 0.3) is 0 Å². The van der Waals surface area contributed by atoms with Gasteiger partial charge in [0.1, 0.15) is 0 Å². The van der Waals surface area contributed by atoms with E-state index in [0.29, 0.717) is 44.2 Å². The number of H-pyrrole nitrogens is 1. The summed E-state index contributed by atoms with van der Waals surface area (Å²) < 4.78 is 0. The lowest BCUT2D eigenvalue weighted by Crippen LogP contribution is -2.50. The Kier molecular flexibility index (Phi) is 4.13. The molecule has 0 aromatic carbocycles. The Bertz CT molecular complexity index is 435. The molecule has 7 nitrogen and oxygen atoms in total. The summed E-state index contributed by atoms with van der Waals surface area (Å²) in [7, 11) is 0. The van der Waals surface area contributed by atoms with Gasteiger partial charge in [-0.3, -0.25) is 9.59 Å². The van der Waals surface area contributed by atoms with Gasteiger partial charge >= 0.3 is 0 Å². The zero-order valence-electron chi connectivity index (χ0n) is 11.3. The molecule has 0 spiro atoms. The van der Waals surface area contributed by atoms with Crippen molar-refractivity contribution in [3.8, 4) is 0 Å². The van der Waals surface area contributed by atoms with Crippen LogP contribution in [0, 0.1) is 5.92 Å². The summed E-state index contributed by atoms with van der Waals surface area (Å²) in [5.74, 6) is 0.399. The van der Waals surface area contributed by atoms with Crippen LogP contribution in [0.3, 0.4) is 0 Å². The van der Waals surface area contributed by atoms with Crippen LogP contribution in [-0.4, -0.2) is 63.2 Å². The lowest BCUT2D eigenvalue weighted by atomic mass is 10.1. The molecule has 0 aliphatic carbocycles. The summed E-state index contributed by atoms with van der Waals surface area (Å²) in [6.45, 7) is 6.35. The van der Waals surface area contributed by atoms with Crippen molar-refractivity contribution >= 4 is 11.8 Å². The average molecular weight is 265 g/mol. The van der Waals surface area contributed by atoms with E-state index in [2.05, 4.69) is 15.4 Å². The van der Waals surface area contributed by atoms with Crippen LogP contribution in [0.4, 0.5) is 0 Å². The Labute approximate surface area is 112 Å². The molecule has 2 heterocycles. The highest BCUT2D eigenvalue weighted by molar-refractivity contribution is 5.92. The van der Waals surface area contributed by atoms with Crippen molar-refractivity contribution in [3.63, 3.8) is 0 Å². The predicted molar refractivity (Wildman–Crippen MR) is 68.3 cm³/mol. The normalized spacial score (nSPS) is 15.9. The second kappa shape index (κ2) is 5.81. The monoisotopic (exact) mass is 265 g/mol. The van der Waals surface area contributed by atoms with Crippen LogP contribution in [0.5, 0.6) is 0 Å². The fourth-order valence-electron chi connectivity index (χ4n) is 2.10. The molecule has 1 N–H and O–H groups in total. The van der Waals surface area contributed by atoms with E-state index >= 15 is 0 Å². The molecule has 0 unspecified atom stereocenters. The van der Waals surface area contributed by atoms with E-state index < -0.39 is 0 Å². The van der Waals surface area contributed by atoms with Crippen LogP contribution in [0.15, 0.2) is 6.20 Å². The highest BCUT2D eigenvalue weighted by atomic mass is 16.2. The van der Waals surface area contributed by atoms with Gasteiger partial charge in [-0.25, -0.2) is 0 Å². The Morgan fingerprint density at radius 1 is 1.26 bits per heavy atom. The SMILES string of the molecule is CC(C)CC(=O)N1CCN(C(=O)c2cn[nH]n2)CC1. The molecule has 1 aromatic heterocycles. The Hall–Kier alpha value is -1.92. The predicted octanol–water partition coefficient (Wildman–Crippen LogP) is 0.135. The first kappa shape index (κ1) is 13.5. The van der Waals surface area contributed by atoms with Crippen LogP contribution in [-0.2, 0) is 4.79 Å². The number of aromatic nitrogens is 3. The van der Waals surface area contributed by atoms with Gasteiger partial charge in [0.05, 0.1) is 6.20 Å². The lowest BCUT2D eigenvalue weighted by molar-refractivity contribution is -0.133. The maximum absolute atomic E-state index is 12.0. The Balaban J connectivity index is 1.86. The number of aromatic amines is 1. The molecule has 2 rings (SSSR count). The zero-order chi connectivity index (χ0) is 13.8. The Morgan fingerprint density at radius 2 is 1.89 bits per heavy atom. The molecule has 1 fully saturated rings. The molecule has 0 radical (unpaired) electrons. The summed E-state index contributed by atoms with van der Waals surface area (Å²) in [6, 6.07) is 0. The number of carbonyl (C=O) groups is 2. The van der Waals surface area contributed by atoms with Gasteiger partial charge in [0.15, 0.2) is 5.69 Å². The molecule has 19 heavy (non-hydrogen) atoms. The second-order valence-corrected chi connectivity index (χ2v) is 5.13. The quantitative estimate of drug-likeness (QED) is 0.842. The minimum Gasteiger partial charge on any atom is -0.339 e. The fraction of sp³-hybridized carbons (Fsp3) is 0.667. The molecule has 104 valence electrons. The number of piperazine rings is 1. The topological polar surface area (TPSA) is 82.2 Å². The molecular formula is C12H19N5O2. The first-order valence-electron chi connectivity index (χ1n) is 6.50. The standard InChI is InChI=1S/C12H19N5O2/c1-9(2)7-11(18)16-3-5-17(6-4-16)12(19)10-8-13-15-14-10/h8-9H,3-7H2,1-2H3,(H,13,14,15). The van der Waals surface area contributed by atoms with Gasteiger partial charge in [-0.15, -0.1) is 0 Å². The van der Waals surface area contributed by atoms with Crippen molar-refractivity contribution in [1.29, 1.82) is 0 Å². The average Bonchev–Trinajstić information content (AvgIpc) is 2.91. The number of nitrogens with zero attached hydrogens (tertiary/aromatic N) is 4. The maximum Gasteiger partial charge on any atom is 0.276 e. The number of hydrogen-bond donors (Lipinski definition) is 1. The molecular weight excluding hydrogens is 246 g/mol. The second-order valence-electron chi connectivity index (χ2n) is 5.13. The van der Waals surface area contributed by atoms with E-state index in [4.69, 9.17) is 0 Å². The molecule has 1 aromatic rings. The largest absolute Gasteiger partial charge is 0.339 e. The van der Waals surface area contributed by atoms with E-state index in [-0.39, 0.29) is 11.8 Å². The van der Waals surface area contributed by atoms with E-state index in [1.54, 1.807) is 4.90 Å². The molecule has 0 atom stereocenters. The number of rotatable bonds is 3. The summed E-state index contributed by atoms with van der Waals surface area (Å²) >= 11 is 0. The molecule has 1 saturated heterocycles. The van der Waals surface area contributed by atoms with Crippen molar-refractivity contribution in [1.82, 2.24) is 25.2 Å². The van der Waals surface area contributed by atoms with Crippen molar-refractivity contribution in [2.45, 2.75) is 20.3 Å². The van der Waals surface area contributed by atoms with Gasteiger partial charge in [0.25, 0.3) is 5.91 Å². The number of amides is 2. The third-order valence-electron chi connectivity index (χ3n) is 3.14. The van der Waals surface area contributed by atoms with Gasteiger partial charge in [-0.1, -0.05) is 13.8 Å². The van der Waals surface area contributed by atoms with Crippen LogP contribution < -0.4 is 0 Å². The summed E-state index contributed by atoms with van der Waals surface area (Å²) in [5, 5.41) is 9.83. The van der Waals surface area contributed by atoms with Crippen molar-refractivity contribution in [2.24, 2.45) is 5.92 Å². The van der Waals surface area contributed by atoms with E-state index in [1.165, 1.54) is 6.20 Å². The van der Waals surface area contributed by atoms with Crippen LogP contribution in [0.2, 0.25) is 0 Å². The summed E-state index contributed by atoms with van der Waals surface area (Å²) in [6.07, 6.45) is 1.98. The van der Waals surface area contributed by atoms with Crippen LogP contribution in [0.1, 0.15) is 30.8 Å². The number of hydrogen-bond acceptors (Lipinski definition) is 4. The number of nitrogens with one attached hydrogen (secondary N) is 1. The molecule has 1 aliphatic heterocycles. The van der Waals surface area contributed by atoms with Gasteiger partial charge in [-0.05, 0) is 5.92 Å².